The number of hydrogen-bond acceptors (Lipinski definition) is 3. The number of methoxy groups -OCH3 is 1. The maximum Gasteiger partial charge on any atom is 0.188 e. The van der Waals surface area contributed by atoms with E-state index in [1.807, 2.05) is 0 Å². The molecule has 28 heavy (non-hydrogen) atoms. The normalized spacial score (nSPS) is 20.7. The Hall–Kier alpha value is -1.02. The second kappa shape index (κ2) is 11.2. The van der Waals surface area contributed by atoms with Crippen molar-refractivity contribution in [2.75, 3.05) is 26.9 Å². The van der Waals surface area contributed by atoms with E-state index >= 15 is 0 Å². The van der Waals surface area contributed by atoms with Gasteiger partial charge in [0.2, 0.25) is 0 Å². The maximum atomic E-state index is 6.29. The molecule has 1 aliphatic carbocycles. The van der Waals surface area contributed by atoms with Crippen molar-refractivity contribution in [1.82, 2.24) is 5.32 Å². The van der Waals surface area contributed by atoms with Crippen molar-refractivity contribution in [3.8, 4) is 5.75 Å². The van der Waals surface area contributed by atoms with Crippen LogP contribution in [0.5, 0.6) is 5.75 Å². The summed E-state index contributed by atoms with van der Waals surface area (Å²) in [5, 5.41) is 3.47. The number of halogens is 1. The fraction of sp³-hybridized carbons (Fsp3) is 0.682. The Morgan fingerprint density at radius 1 is 1.21 bits per heavy atom. The minimum atomic E-state index is -0.0780. The van der Waals surface area contributed by atoms with E-state index in [1.54, 1.807) is 7.11 Å². The molecule has 5 nitrogen and oxygen atoms in total. The molecule has 2 fully saturated rings. The van der Waals surface area contributed by atoms with Gasteiger partial charge in [-0.25, -0.2) is 0 Å². The van der Waals surface area contributed by atoms with Crippen LogP contribution in [0, 0.1) is 6.92 Å². The van der Waals surface area contributed by atoms with Crippen LogP contribution in [0.1, 0.15) is 62.5 Å². The first kappa shape index (κ1) is 23.3. The van der Waals surface area contributed by atoms with Gasteiger partial charge >= 0.3 is 0 Å². The van der Waals surface area contributed by atoms with Gasteiger partial charge in [-0.15, -0.1) is 24.0 Å². The van der Waals surface area contributed by atoms with Gasteiger partial charge in [0.25, 0.3) is 0 Å². The van der Waals surface area contributed by atoms with Crippen LogP contribution in [0.15, 0.2) is 23.2 Å². The Labute approximate surface area is 186 Å². The topological polar surface area (TPSA) is 68.9 Å². The molecule has 0 radical (unpaired) electrons. The average molecular weight is 501 g/mol. The van der Waals surface area contributed by atoms with Crippen LogP contribution < -0.4 is 15.8 Å². The number of nitrogens with zero attached hydrogens (tertiary/aromatic N) is 1. The summed E-state index contributed by atoms with van der Waals surface area (Å²) in [6.07, 6.45) is 9.51. The SMILES string of the molecule is COc1ccc(C)cc1C1(CN=C(N)NC2CCCCCC2)CCOCC1.I. The Morgan fingerprint density at radius 2 is 1.89 bits per heavy atom. The maximum absolute atomic E-state index is 6.29. The highest BCUT2D eigenvalue weighted by Crippen LogP contribution is 2.40. The molecular formula is C22H36IN3O2. The van der Waals surface area contributed by atoms with Crippen molar-refractivity contribution in [2.45, 2.75) is 69.7 Å². The van der Waals surface area contributed by atoms with Crippen LogP contribution in [0.3, 0.4) is 0 Å². The summed E-state index contributed by atoms with van der Waals surface area (Å²) in [6.45, 7) is 4.30. The van der Waals surface area contributed by atoms with Gasteiger partial charge in [0, 0.05) is 30.2 Å². The van der Waals surface area contributed by atoms with E-state index in [-0.39, 0.29) is 29.4 Å². The first-order chi connectivity index (χ1) is 13.1. The van der Waals surface area contributed by atoms with Gasteiger partial charge < -0.3 is 20.5 Å². The van der Waals surface area contributed by atoms with Crippen molar-refractivity contribution in [2.24, 2.45) is 10.7 Å². The van der Waals surface area contributed by atoms with Crippen LogP contribution in [-0.4, -0.2) is 38.9 Å². The van der Waals surface area contributed by atoms with Crippen LogP contribution in [-0.2, 0) is 10.2 Å². The Balaban J connectivity index is 0.00000280. The first-order valence-electron chi connectivity index (χ1n) is 10.4. The van der Waals surface area contributed by atoms with Gasteiger partial charge in [0.1, 0.15) is 5.75 Å². The standard InChI is InChI=1S/C22H35N3O2.HI/c1-17-9-10-20(26-2)19(15-17)22(11-13-27-14-12-22)16-24-21(23)25-18-7-5-3-4-6-8-18;/h9-10,15,18H,3-8,11-14,16H2,1-2H3,(H3,23,24,25);1H. The Kier molecular flexibility index (Phi) is 9.34. The lowest BCUT2D eigenvalue weighted by Gasteiger charge is -2.37. The summed E-state index contributed by atoms with van der Waals surface area (Å²) < 4.78 is 11.3. The quantitative estimate of drug-likeness (QED) is 0.273. The number of rotatable bonds is 5. The molecule has 0 amide bonds. The van der Waals surface area contributed by atoms with E-state index in [9.17, 15) is 0 Å². The molecular weight excluding hydrogens is 465 g/mol. The van der Waals surface area contributed by atoms with Crippen molar-refractivity contribution in [1.29, 1.82) is 0 Å². The van der Waals surface area contributed by atoms with E-state index in [2.05, 4.69) is 30.4 Å². The molecule has 1 aromatic rings. The van der Waals surface area contributed by atoms with Crippen LogP contribution >= 0.6 is 24.0 Å². The molecule has 0 spiro atoms. The van der Waals surface area contributed by atoms with E-state index in [4.69, 9.17) is 20.2 Å². The lowest BCUT2D eigenvalue weighted by Crippen LogP contribution is -2.42. The highest BCUT2D eigenvalue weighted by Gasteiger charge is 2.37. The molecule has 0 atom stereocenters. The molecule has 3 rings (SSSR count). The van der Waals surface area contributed by atoms with Gasteiger partial charge in [0.05, 0.1) is 13.7 Å². The van der Waals surface area contributed by atoms with E-state index in [1.165, 1.54) is 49.7 Å². The molecule has 0 aromatic heterocycles. The second-order valence-electron chi connectivity index (χ2n) is 8.13. The third kappa shape index (κ3) is 5.99. The third-order valence-corrected chi connectivity index (χ3v) is 6.14. The molecule has 1 saturated carbocycles. The summed E-state index contributed by atoms with van der Waals surface area (Å²) in [6, 6.07) is 6.88. The molecule has 1 heterocycles. The van der Waals surface area contributed by atoms with E-state index in [0.29, 0.717) is 18.5 Å². The van der Waals surface area contributed by atoms with Crippen molar-refractivity contribution in [3.05, 3.63) is 29.3 Å². The highest BCUT2D eigenvalue weighted by molar-refractivity contribution is 14.0. The van der Waals surface area contributed by atoms with Gasteiger partial charge in [-0.3, -0.25) is 4.99 Å². The lowest BCUT2D eigenvalue weighted by atomic mass is 9.73. The molecule has 1 saturated heterocycles. The predicted molar refractivity (Wildman–Crippen MR) is 126 cm³/mol. The zero-order valence-corrected chi connectivity index (χ0v) is 19.7. The minimum absolute atomic E-state index is 0. The first-order valence-corrected chi connectivity index (χ1v) is 10.4. The van der Waals surface area contributed by atoms with Crippen LogP contribution in [0.25, 0.3) is 0 Å². The van der Waals surface area contributed by atoms with Gasteiger partial charge in [-0.2, -0.15) is 0 Å². The molecule has 1 aliphatic heterocycles. The fourth-order valence-electron chi connectivity index (χ4n) is 4.43. The van der Waals surface area contributed by atoms with Crippen molar-refractivity contribution in [3.63, 3.8) is 0 Å². The molecule has 3 N–H and O–H groups in total. The Morgan fingerprint density at radius 3 is 2.54 bits per heavy atom. The monoisotopic (exact) mass is 501 g/mol. The predicted octanol–water partition coefficient (Wildman–Crippen LogP) is 4.30. The number of hydrogen-bond donors (Lipinski definition) is 2. The number of aryl methyl sites for hydroxylation is 1. The van der Waals surface area contributed by atoms with Crippen molar-refractivity contribution >= 4 is 29.9 Å². The van der Waals surface area contributed by atoms with Gasteiger partial charge in [-0.1, -0.05) is 43.4 Å². The molecule has 2 aliphatic rings. The average Bonchev–Trinajstić information content (AvgIpc) is 2.96. The fourth-order valence-corrected chi connectivity index (χ4v) is 4.43. The van der Waals surface area contributed by atoms with Crippen molar-refractivity contribution < 1.29 is 9.47 Å². The number of nitrogens with one attached hydrogen (secondary N) is 1. The zero-order chi connectivity index (χ0) is 19.1. The molecule has 0 unspecified atom stereocenters. The summed E-state index contributed by atoms with van der Waals surface area (Å²) in [7, 11) is 1.74. The summed E-state index contributed by atoms with van der Waals surface area (Å²) in [4.78, 5) is 4.80. The largest absolute Gasteiger partial charge is 0.496 e. The second-order valence-corrected chi connectivity index (χ2v) is 8.13. The molecule has 158 valence electrons. The number of benzene rings is 1. The molecule has 0 bridgehead atoms. The van der Waals surface area contributed by atoms with Crippen LogP contribution in [0.2, 0.25) is 0 Å². The number of guanidine groups is 1. The minimum Gasteiger partial charge on any atom is -0.496 e. The zero-order valence-electron chi connectivity index (χ0n) is 17.3. The highest BCUT2D eigenvalue weighted by atomic mass is 127. The number of ether oxygens (including phenoxy) is 2. The smallest absolute Gasteiger partial charge is 0.188 e. The summed E-state index contributed by atoms with van der Waals surface area (Å²) >= 11 is 0. The van der Waals surface area contributed by atoms with Gasteiger partial charge in [0.15, 0.2) is 5.96 Å². The van der Waals surface area contributed by atoms with Crippen LogP contribution in [0.4, 0.5) is 0 Å². The number of aliphatic imine (C=N–C) groups is 1. The summed E-state index contributed by atoms with van der Waals surface area (Å²) in [5.41, 5.74) is 8.68. The summed E-state index contributed by atoms with van der Waals surface area (Å²) in [5.74, 6) is 1.52. The van der Waals surface area contributed by atoms with E-state index < -0.39 is 0 Å². The van der Waals surface area contributed by atoms with E-state index in [0.717, 1.165) is 31.8 Å². The molecule has 6 heteroatoms. The third-order valence-electron chi connectivity index (χ3n) is 6.14. The number of nitrogens with two attached hydrogens (primary N) is 1. The van der Waals surface area contributed by atoms with Gasteiger partial charge in [-0.05, 0) is 38.7 Å². The Bertz CT molecular complexity index is 637. The molecule has 1 aromatic carbocycles. The lowest BCUT2D eigenvalue weighted by molar-refractivity contribution is 0.0522.